The zero-order valence-corrected chi connectivity index (χ0v) is 7.99. The van der Waals surface area contributed by atoms with Gasteiger partial charge in [0.05, 0.1) is 12.7 Å². The molecule has 3 heteroatoms. The van der Waals surface area contributed by atoms with Crippen molar-refractivity contribution in [3.8, 4) is 0 Å². The third-order valence-electron chi connectivity index (χ3n) is 2.03. The van der Waals surface area contributed by atoms with Crippen LogP contribution in [0.2, 0.25) is 0 Å². The molecule has 1 aliphatic rings. The lowest BCUT2D eigenvalue weighted by molar-refractivity contribution is -0.0379. The molecule has 11 heavy (non-hydrogen) atoms. The first kappa shape index (κ1) is 9.36. The number of aliphatic hydroxyl groups is 1. The number of thioether (sulfide) groups is 1. The predicted octanol–water partition coefficient (Wildman–Crippen LogP) is 1.63. The summed E-state index contributed by atoms with van der Waals surface area (Å²) in [7, 11) is 0. The van der Waals surface area contributed by atoms with Crippen LogP contribution in [-0.4, -0.2) is 28.5 Å². The Morgan fingerprint density at radius 2 is 2.45 bits per heavy atom. The average Bonchev–Trinajstić information content (AvgIpc) is 2.38. The summed E-state index contributed by atoms with van der Waals surface area (Å²) < 4.78 is 5.47. The molecule has 66 valence electrons. The van der Waals surface area contributed by atoms with Gasteiger partial charge >= 0.3 is 0 Å². The van der Waals surface area contributed by atoms with E-state index in [4.69, 9.17) is 4.74 Å². The zero-order chi connectivity index (χ0) is 8.32. The van der Waals surface area contributed by atoms with Gasteiger partial charge in [0.1, 0.15) is 4.93 Å². The molecule has 1 heterocycles. The van der Waals surface area contributed by atoms with E-state index in [0.717, 1.165) is 25.2 Å². The van der Waals surface area contributed by atoms with Gasteiger partial charge in [0.2, 0.25) is 0 Å². The summed E-state index contributed by atoms with van der Waals surface area (Å²) >= 11 is 1.72. The molecule has 2 nitrogen and oxygen atoms in total. The van der Waals surface area contributed by atoms with Gasteiger partial charge in [0, 0.05) is 5.75 Å². The predicted molar refractivity (Wildman–Crippen MR) is 47.7 cm³/mol. The molecular weight excluding hydrogens is 160 g/mol. The van der Waals surface area contributed by atoms with Crippen molar-refractivity contribution in [1.29, 1.82) is 0 Å². The molecule has 0 radical (unpaired) electrons. The fourth-order valence-electron chi connectivity index (χ4n) is 1.26. The van der Waals surface area contributed by atoms with E-state index in [-0.39, 0.29) is 11.0 Å². The van der Waals surface area contributed by atoms with E-state index in [1.165, 1.54) is 0 Å². The number of aliphatic hydroxyl groups excluding tert-OH is 1. The number of hydrogen-bond donors (Lipinski definition) is 1. The second-order valence-corrected chi connectivity index (χ2v) is 4.52. The number of hydrogen-bond acceptors (Lipinski definition) is 3. The minimum Gasteiger partial charge on any atom is -0.389 e. The lowest BCUT2D eigenvalue weighted by Gasteiger charge is -2.27. The monoisotopic (exact) mass is 176 g/mol. The fraction of sp³-hybridized carbons (Fsp3) is 1.00. The first-order valence-corrected chi connectivity index (χ1v) is 5.13. The highest BCUT2D eigenvalue weighted by Gasteiger charge is 2.37. The van der Waals surface area contributed by atoms with E-state index >= 15 is 0 Å². The van der Waals surface area contributed by atoms with Crippen LogP contribution in [0.1, 0.15) is 26.7 Å². The van der Waals surface area contributed by atoms with E-state index in [2.05, 4.69) is 6.92 Å². The Labute approximate surface area is 72.3 Å². The van der Waals surface area contributed by atoms with E-state index in [1.54, 1.807) is 11.8 Å². The standard InChI is InChI=1S/C8H16O2S/c1-3-4-7(9)8(2)10-5-6-11-8/h7,9H,3-6H2,1-2H3. The van der Waals surface area contributed by atoms with Crippen molar-refractivity contribution in [3.63, 3.8) is 0 Å². The molecule has 1 aliphatic heterocycles. The Morgan fingerprint density at radius 1 is 1.73 bits per heavy atom. The summed E-state index contributed by atoms with van der Waals surface area (Å²) in [6, 6.07) is 0. The van der Waals surface area contributed by atoms with Crippen molar-refractivity contribution in [2.75, 3.05) is 12.4 Å². The number of ether oxygens (including phenoxy) is 1. The van der Waals surface area contributed by atoms with Gasteiger partial charge in [0.15, 0.2) is 0 Å². The van der Waals surface area contributed by atoms with Crippen LogP contribution in [-0.2, 0) is 4.74 Å². The van der Waals surface area contributed by atoms with Crippen LogP contribution in [0.4, 0.5) is 0 Å². The lowest BCUT2D eigenvalue weighted by Crippen LogP contribution is -2.35. The molecule has 1 N–H and O–H groups in total. The summed E-state index contributed by atoms with van der Waals surface area (Å²) in [6.45, 7) is 4.83. The second-order valence-electron chi connectivity index (χ2n) is 3.02. The molecule has 0 saturated carbocycles. The van der Waals surface area contributed by atoms with Gasteiger partial charge in [-0.25, -0.2) is 0 Å². The molecule has 0 amide bonds. The summed E-state index contributed by atoms with van der Waals surface area (Å²) in [5, 5.41) is 9.66. The number of rotatable bonds is 3. The Kier molecular flexibility index (Phi) is 3.22. The molecule has 2 unspecified atom stereocenters. The minimum atomic E-state index is -0.323. The molecule has 2 atom stereocenters. The van der Waals surface area contributed by atoms with Gasteiger partial charge in [-0.1, -0.05) is 13.3 Å². The topological polar surface area (TPSA) is 29.5 Å². The van der Waals surface area contributed by atoms with E-state index < -0.39 is 0 Å². The quantitative estimate of drug-likeness (QED) is 0.708. The van der Waals surface area contributed by atoms with Crippen molar-refractivity contribution < 1.29 is 9.84 Å². The van der Waals surface area contributed by atoms with Gasteiger partial charge in [-0.15, -0.1) is 11.8 Å². The van der Waals surface area contributed by atoms with Crippen LogP contribution >= 0.6 is 11.8 Å². The fourth-order valence-corrected chi connectivity index (χ4v) is 2.31. The van der Waals surface area contributed by atoms with E-state index in [0.29, 0.717) is 0 Å². The van der Waals surface area contributed by atoms with E-state index in [1.807, 2.05) is 6.92 Å². The molecule has 0 aromatic carbocycles. The average molecular weight is 176 g/mol. The Hall–Kier alpha value is 0.270. The molecule has 0 spiro atoms. The van der Waals surface area contributed by atoms with Crippen molar-refractivity contribution in [2.24, 2.45) is 0 Å². The highest BCUT2D eigenvalue weighted by molar-refractivity contribution is 8.00. The summed E-state index contributed by atoms with van der Waals surface area (Å²) in [4.78, 5) is -0.323. The molecule has 1 fully saturated rings. The molecule has 1 saturated heterocycles. The van der Waals surface area contributed by atoms with Crippen LogP contribution < -0.4 is 0 Å². The van der Waals surface area contributed by atoms with Crippen LogP contribution in [0.25, 0.3) is 0 Å². The SMILES string of the molecule is CCCC(O)C1(C)OCCS1. The van der Waals surface area contributed by atoms with Crippen molar-refractivity contribution in [1.82, 2.24) is 0 Å². The molecule has 0 aliphatic carbocycles. The summed E-state index contributed by atoms with van der Waals surface area (Å²) in [5.74, 6) is 1.01. The first-order valence-electron chi connectivity index (χ1n) is 4.15. The van der Waals surface area contributed by atoms with E-state index in [9.17, 15) is 5.11 Å². The molecule has 0 aromatic rings. The maximum Gasteiger partial charge on any atom is 0.136 e. The molecule has 0 bridgehead atoms. The minimum absolute atomic E-state index is 0.306. The molecule has 1 rings (SSSR count). The van der Waals surface area contributed by atoms with Crippen LogP contribution in [0.15, 0.2) is 0 Å². The normalized spacial score (nSPS) is 34.1. The maximum atomic E-state index is 9.66. The molecule has 0 aromatic heterocycles. The van der Waals surface area contributed by atoms with Gasteiger partial charge in [-0.05, 0) is 13.3 Å². The van der Waals surface area contributed by atoms with Gasteiger partial charge in [-0.2, -0.15) is 0 Å². The summed E-state index contributed by atoms with van der Waals surface area (Å²) in [5.41, 5.74) is 0. The highest BCUT2D eigenvalue weighted by atomic mass is 32.2. The summed E-state index contributed by atoms with van der Waals surface area (Å²) in [6.07, 6.45) is 1.55. The third-order valence-corrected chi connectivity index (χ3v) is 3.36. The Bertz CT molecular complexity index is 121. The Balaban J connectivity index is 2.42. The lowest BCUT2D eigenvalue weighted by atomic mass is 10.1. The van der Waals surface area contributed by atoms with Crippen LogP contribution in [0.5, 0.6) is 0 Å². The van der Waals surface area contributed by atoms with Gasteiger partial charge in [-0.3, -0.25) is 0 Å². The Morgan fingerprint density at radius 3 is 2.91 bits per heavy atom. The van der Waals surface area contributed by atoms with Crippen molar-refractivity contribution in [3.05, 3.63) is 0 Å². The van der Waals surface area contributed by atoms with Crippen molar-refractivity contribution in [2.45, 2.75) is 37.7 Å². The largest absolute Gasteiger partial charge is 0.389 e. The van der Waals surface area contributed by atoms with Crippen LogP contribution in [0, 0.1) is 0 Å². The molecular formula is C8H16O2S. The zero-order valence-electron chi connectivity index (χ0n) is 7.17. The highest BCUT2D eigenvalue weighted by Crippen LogP contribution is 2.36. The smallest absolute Gasteiger partial charge is 0.136 e. The van der Waals surface area contributed by atoms with Gasteiger partial charge < -0.3 is 9.84 Å². The second kappa shape index (κ2) is 3.78. The van der Waals surface area contributed by atoms with Gasteiger partial charge in [0.25, 0.3) is 0 Å². The maximum absolute atomic E-state index is 9.66. The van der Waals surface area contributed by atoms with Crippen molar-refractivity contribution >= 4 is 11.8 Å². The first-order chi connectivity index (χ1) is 5.19. The third kappa shape index (κ3) is 2.10. The van der Waals surface area contributed by atoms with Crippen LogP contribution in [0.3, 0.4) is 0 Å².